The maximum absolute atomic E-state index is 13.3. The van der Waals surface area contributed by atoms with E-state index in [-0.39, 0.29) is 12.3 Å². The molecule has 0 unspecified atom stereocenters. The van der Waals surface area contributed by atoms with E-state index in [1.54, 1.807) is 24.3 Å². The van der Waals surface area contributed by atoms with Crippen LogP contribution in [0.2, 0.25) is 0 Å². The number of benzene rings is 2. The van der Waals surface area contributed by atoms with Gasteiger partial charge in [0.2, 0.25) is 0 Å². The van der Waals surface area contributed by atoms with Gasteiger partial charge in [0.05, 0.1) is 12.0 Å². The van der Waals surface area contributed by atoms with Gasteiger partial charge in [-0.2, -0.15) is 0 Å². The summed E-state index contributed by atoms with van der Waals surface area (Å²) in [6.45, 7) is 0. The molecule has 1 heterocycles. The van der Waals surface area contributed by atoms with Crippen LogP contribution in [0.4, 0.5) is 15.8 Å². The van der Waals surface area contributed by atoms with Crippen LogP contribution in [0.15, 0.2) is 48.7 Å². The van der Waals surface area contributed by atoms with Crippen LogP contribution in [0.25, 0.3) is 5.57 Å². The summed E-state index contributed by atoms with van der Waals surface area (Å²) >= 11 is 0. The number of fused-ring (bicyclic) bond motifs is 1. The monoisotopic (exact) mass is 312 g/mol. The van der Waals surface area contributed by atoms with Crippen LogP contribution in [0.5, 0.6) is 0 Å². The van der Waals surface area contributed by atoms with Crippen LogP contribution in [-0.4, -0.2) is 17.0 Å². The molecule has 23 heavy (non-hydrogen) atoms. The SMILES string of the molecule is O=C(O)Cc1ccc(N/C=C2\C(=O)Nc3ccc(F)cc32)cc1. The third kappa shape index (κ3) is 3.21. The first-order chi connectivity index (χ1) is 11.0. The van der Waals surface area contributed by atoms with Gasteiger partial charge < -0.3 is 15.7 Å². The Labute approximate surface area is 131 Å². The van der Waals surface area contributed by atoms with Crippen LogP contribution in [0.1, 0.15) is 11.1 Å². The van der Waals surface area contributed by atoms with Crippen molar-refractivity contribution in [2.75, 3.05) is 10.6 Å². The van der Waals surface area contributed by atoms with Gasteiger partial charge in [-0.3, -0.25) is 9.59 Å². The summed E-state index contributed by atoms with van der Waals surface area (Å²) in [6.07, 6.45) is 1.46. The number of aliphatic carboxylic acids is 1. The van der Waals surface area contributed by atoms with E-state index in [0.717, 1.165) is 0 Å². The van der Waals surface area contributed by atoms with Crippen molar-refractivity contribution in [3.63, 3.8) is 0 Å². The molecule has 0 atom stereocenters. The Hall–Kier alpha value is -3.15. The minimum Gasteiger partial charge on any atom is -0.481 e. The summed E-state index contributed by atoms with van der Waals surface area (Å²) in [6, 6.07) is 10.9. The Kier molecular flexibility index (Phi) is 3.80. The Morgan fingerprint density at radius 2 is 1.96 bits per heavy atom. The largest absolute Gasteiger partial charge is 0.481 e. The number of carboxylic acid groups (broad SMARTS) is 1. The molecular formula is C17H13FN2O3. The van der Waals surface area contributed by atoms with E-state index in [1.807, 2.05) is 0 Å². The second-order valence-corrected chi connectivity index (χ2v) is 5.11. The molecule has 0 saturated carbocycles. The van der Waals surface area contributed by atoms with Gasteiger partial charge in [0.15, 0.2) is 0 Å². The maximum atomic E-state index is 13.3. The first kappa shape index (κ1) is 14.8. The van der Waals surface area contributed by atoms with Crippen LogP contribution in [-0.2, 0) is 16.0 Å². The van der Waals surface area contributed by atoms with Crippen molar-refractivity contribution in [2.45, 2.75) is 6.42 Å². The van der Waals surface area contributed by atoms with Crippen LogP contribution in [0.3, 0.4) is 0 Å². The molecule has 0 fully saturated rings. The summed E-state index contributed by atoms with van der Waals surface area (Å²) < 4.78 is 13.3. The molecule has 6 heteroatoms. The molecule has 3 N–H and O–H groups in total. The molecule has 3 rings (SSSR count). The lowest BCUT2D eigenvalue weighted by Crippen LogP contribution is -2.05. The lowest BCUT2D eigenvalue weighted by atomic mass is 10.1. The number of nitrogens with one attached hydrogen (secondary N) is 2. The lowest BCUT2D eigenvalue weighted by Gasteiger charge is -2.04. The van der Waals surface area contributed by atoms with E-state index in [4.69, 9.17) is 5.11 Å². The van der Waals surface area contributed by atoms with Gasteiger partial charge in [0.1, 0.15) is 5.82 Å². The first-order valence-corrected chi connectivity index (χ1v) is 6.91. The van der Waals surface area contributed by atoms with Gasteiger partial charge >= 0.3 is 5.97 Å². The third-order valence-corrected chi connectivity index (χ3v) is 3.46. The lowest BCUT2D eigenvalue weighted by molar-refractivity contribution is -0.136. The quantitative estimate of drug-likeness (QED) is 0.759. The van der Waals surface area contributed by atoms with Crippen molar-refractivity contribution < 1.29 is 19.1 Å². The predicted molar refractivity (Wildman–Crippen MR) is 84.4 cm³/mol. The smallest absolute Gasteiger partial charge is 0.307 e. The van der Waals surface area contributed by atoms with Gasteiger partial charge in [-0.15, -0.1) is 0 Å². The zero-order chi connectivity index (χ0) is 16.4. The summed E-state index contributed by atoms with van der Waals surface area (Å²) in [5.74, 6) is -1.61. The molecule has 0 aliphatic carbocycles. The van der Waals surface area contributed by atoms with E-state index in [2.05, 4.69) is 10.6 Å². The standard InChI is InChI=1S/C17H13FN2O3/c18-11-3-6-15-13(8-11)14(17(23)20-15)9-19-12-4-1-10(2-5-12)7-16(21)22/h1-6,8-9,19H,7H2,(H,20,23)(H,21,22)/b14-9-. The van der Waals surface area contributed by atoms with E-state index < -0.39 is 11.8 Å². The highest BCUT2D eigenvalue weighted by atomic mass is 19.1. The van der Waals surface area contributed by atoms with Crippen molar-refractivity contribution in [3.05, 3.63) is 65.6 Å². The Morgan fingerprint density at radius 1 is 1.22 bits per heavy atom. The second-order valence-electron chi connectivity index (χ2n) is 5.11. The van der Waals surface area contributed by atoms with Crippen LogP contribution >= 0.6 is 0 Å². The summed E-state index contributed by atoms with van der Waals surface area (Å²) in [7, 11) is 0. The average molecular weight is 312 g/mol. The minimum absolute atomic E-state index is 0.0452. The van der Waals surface area contributed by atoms with E-state index in [0.29, 0.717) is 28.1 Å². The van der Waals surface area contributed by atoms with Crippen LogP contribution < -0.4 is 10.6 Å². The number of hydrogen-bond acceptors (Lipinski definition) is 3. The topological polar surface area (TPSA) is 78.4 Å². The predicted octanol–water partition coefficient (Wildman–Crippen LogP) is 2.86. The highest BCUT2D eigenvalue weighted by Crippen LogP contribution is 2.32. The fourth-order valence-corrected chi connectivity index (χ4v) is 2.35. The van der Waals surface area contributed by atoms with Gasteiger partial charge in [0.25, 0.3) is 5.91 Å². The summed E-state index contributed by atoms with van der Waals surface area (Å²) in [4.78, 5) is 22.6. The number of carbonyl (C=O) groups is 2. The Bertz CT molecular complexity index is 813. The first-order valence-electron chi connectivity index (χ1n) is 6.91. The van der Waals surface area contributed by atoms with E-state index in [1.165, 1.54) is 24.4 Å². The minimum atomic E-state index is -0.894. The van der Waals surface area contributed by atoms with Crippen molar-refractivity contribution in [3.8, 4) is 0 Å². The molecule has 0 spiro atoms. The number of carbonyl (C=O) groups excluding carboxylic acids is 1. The van der Waals surface area contributed by atoms with Gasteiger partial charge in [-0.05, 0) is 35.9 Å². The molecule has 0 aromatic heterocycles. The molecule has 2 aromatic carbocycles. The molecule has 1 aliphatic rings. The van der Waals surface area contributed by atoms with E-state index >= 15 is 0 Å². The molecule has 0 bridgehead atoms. The van der Waals surface area contributed by atoms with Crippen LogP contribution in [0, 0.1) is 5.82 Å². The zero-order valence-corrected chi connectivity index (χ0v) is 12.0. The molecule has 0 radical (unpaired) electrons. The van der Waals surface area contributed by atoms with Crippen molar-refractivity contribution in [1.29, 1.82) is 0 Å². The maximum Gasteiger partial charge on any atom is 0.307 e. The summed E-state index contributed by atoms with van der Waals surface area (Å²) in [5.41, 5.74) is 2.80. The number of rotatable bonds is 4. The van der Waals surface area contributed by atoms with Crippen molar-refractivity contribution in [1.82, 2.24) is 0 Å². The molecule has 116 valence electrons. The number of carboxylic acids is 1. The Balaban J connectivity index is 1.79. The van der Waals surface area contributed by atoms with Gasteiger partial charge in [-0.1, -0.05) is 12.1 Å². The molecule has 1 amide bonds. The summed E-state index contributed by atoms with van der Waals surface area (Å²) in [5, 5.41) is 14.4. The number of amides is 1. The number of halogens is 1. The fraction of sp³-hybridized carbons (Fsp3) is 0.0588. The third-order valence-electron chi connectivity index (χ3n) is 3.46. The fourth-order valence-electron chi connectivity index (χ4n) is 2.35. The highest BCUT2D eigenvalue weighted by Gasteiger charge is 2.24. The average Bonchev–Trinajstić information content (AvgIpc) is 2.81. The number of anilines is 2. The highest BCUT2D eigenvalue weighted by molar-refractivity contribution is 6.31. The normalized spacial score (nSPS) is 14.5. The van der Waals surface area contributed by atoms with Crippen molar-refractivity contribution >= 4 is 28.8 Å². The van der Waals surface area contributed by atoms with Gasteiger partial charge in [-0.25, -0.2) is 4.39 Å². The Morgan fingerprint density at radius 3 is 2.65 bits per heavy atom. The molecular weight excluding hydrogens is 299 g/mol. The number of hydrogen-bond donors (Lipinski definition) is 3. The van der Waals surface area contributed by atoms with Gasteiger partial charge in [0, 0.05) is 23.1 Å². The molecule has 1 aliphatic heterocycles. The van der Waals surface area contributed by atoms with Crippen molar-refractivity contribution in [2.24, 2.45) is 0 Å². The molecule has 5 nitrogen and oxygen atoms in total. The molecule has 0 saturated heterocycles. The second kappa shape index (κ2) is 5.92. The van der Waals surface area contributed by atoms with E-state index in [9.17, 15) is 14.0 Å². The molecule has 2 aromatic rings. The zero-order valence-electron chi connectivity index (χ0n) is 12.0.